The highest BCUT2D eigenvalue weighted by Gasteiger charge is 2.25. The van der Waals surface area contributed by atoms with Crippen LogP contribution in [0.25, 0.3) is 0 Å². The summed E-state index contributed by atoms with van der Waals surface area (Å²) in [4.78, 5) is 39.1. The molecule has 1 aliphatic rings. The molecule has 0 spiro atoms. The Morgan fingerprint density at radius 3 is 2.44 bits per heavy atom. The molecule has 2 aromatic carbocycles. The molecule has 3 aromatic rings. The third-order valence-corrected chi connectivity index (χ3v) is 5.80. The van der Waals surface area contributed by atoms with Gasteiger partial charge in [0.1, 0.15) is 12.1 Å². The molecular weight excluding hydrogens is 469 g/mol. The second-order valence-corrected chi connectivity index (χ2v) is 8.26. The number of likely N-dealkylation sites (tertiary alicyclic amines) is 1. The smallest absolute Gasteiger partial charge is 0.262 e. The summed E-state index contributed by atoms with van der Waals surface area (Å²) < 4.78 is 28.9. The quantitative estimate of drug-likeness (QED) is 0.495. The monoisotopic (exact) mass is 495 g/mol. The van der Waals surface area contributed by atoms with Gasteiger partial charge in [0, 0.05) is 30.4 Å². The first kappa shape index (κ1) is 24.8. The molecule has 1 fully saturated rings. The summed E-state index contributed by atoms with van der Waals surface area (Å²) in [5.74, 6) is -0.576. The van der Waals surface area contributed by atoms with Gasteiger partial charge in [-0.3, -0.25) is 14.4 Å². The van der Waals surface area contributed by atoms with E-state index in [-0.39, 0.29) is 24.5 Å². The summed E-state index contributed by atoms with van der Waals surface area (Å²) in [6.07, 6.45) is 4.16. The van der Waals surface area contributed by atoms with Crippen molar-refractivity contribution in [2.24, 2.45) is 0 Å². The molecule has 0 saturated carbocycles. The number of amides is 3. The SMILES string of the molecule is COc1cc(C(=O)NC2CCN(C(=O)c3ccoc3)CC2)ccc1OCC(=O)Nc1ccc(F)cc1. The molecule has 3 amide bonds. The van der Waals surface area contributed by atoms with Gasteiger partial charge in [0.2, 0.25) is 0 Å². The van der Waals surface area contributed by atoms with E-state index < -0.39 is 11.7 Å². The van der Waals surface area contributed by atoms with E-state index in [4.69, 9.17) is 13.9 Å². The van der Waals surface area contributed by atoms with Crippen molar-refractivity contribution in [1.82, 2.24) is 10.2 Å². The number of methoxy groups -OCH3 is 1. The van der Waals surface area contributed by atoms with Crippen molar-refractivity contribution in [3.8, 4) is 11.5 Å². The summed E-state index contributed by atoms with van der Waals surface area (Å²) in [5, 5.41) is 5.60. The predicted molar refractivity (Wildman–Crippen MR) is 129 cm³/mol. The average Bonchev–Trinajstić information content (AvgIpc) is 3.44. The topological polar surface area (TPSA) is 110 Å². The number of ether oxygens (including phenoxy) is 2. The molecule has 0 atom stereocenters. The van der Waals surface area contributed by atoms with Crippen molar-refractivity contribution < 1.29 is 32.7 Å². The molecule has 2 N–H and O–H groups in total. The number of benzene rings is 2. The van der Waals surface area contributed by atoms with E-state index in [0.29, 0.717) is 54.2 Å². The number of carbonyl (C=O) groups is 3. The standard InChI is InChI=1S/C26H26FN3O6/c1-34-23-14-17(2-7-22(23)36-16-24(31)28-20-5-3-19(27)4-6-20)25(32)29-21-8-11-30(12-9-21)26(33)18-10-13-35-15-18/h2-7,10,13-15,21H,8-9,11-12,16H2,1H3,(H,28,31)(H,29,32). The van der Waals surface area contributed by atoms with Gasteiger partial charge in [-0.1, -0.05) is 0 Å². The van der Waals surface area contributed by atoms with Gasteiger partial charge >= 0.3 is 0 Å². The Morgan fingerprint density at radius 2 is 1.78 bits per heavy atom. The van der Waals surface area contributed by atoms with Gasteiger partial charge in [0.15, 0.2) is 18.1 Å². The van der Waals surface area contributed by atoms with Crippen LogP contribution >= 0.6 is 0 Å². The molecule has 0 unspecified atom stereocenters. The summed E-state index contributed by atoms with van der Waals surface area (Å²) in [5.41, 5.74) is 1.34. The second-order valence-electron chi connectivity index (χ2n) is 8.26. The van der Waals surface area contributed by atoms with Crippen LogP contribution in [0.15, 0.2) is 65.5 Å². The van der Waals surface area contributed by atoms with Crippen LogP contribution < -0.4 is 20.1 Å². The number of piperidine rings is 1. The fourth-order valence-corrected chi connectivity index (χ4v) is 3.87. The lowest BCUT2D eigenvalue weighted by Gasteiger charge is -2.32. The van der Waals surface area contributed by atoms with E-state index in [1.807, 2.05) is 0 Å². The summed E-state index contributed by atoms with van der Waals surface area (Å²) >= 11 is 0. The lowest BCUT2D eigenvalue weighted by Crippen LogP contribution is -2.46. The zero-order valence-electron chi connectivity index (χ0n) is 19.7. The van der Waals surface area contributed by atoms with Crippen LogP contribution in [0.1, 0.15) is 33.6 Å². The Morgan fingerprint density at radius 1 is 1.03 bits per heavy atom. The molecule has 9 nitrogen and oxygen atoms in total. The number of rotatable bonds is 8. The zero-order chi connectivity index (χ0) is 25.5. The molecule has 188 valence electrons. The lowest BCUT2D eigenvalue weighted by molar-refractivity contribution is -0.118. The molecule has 36 heavy (non-hydrogen) atoms. The highest BCUT2D eigenvalue weighted by molar-refractivity contribution is 5.96. The molecule has 1 aliphatic heterocycles. The highest BCUT2D eigenvalue weighted by atomic mass is 19.1. The number of halogens is 1. The van der Waals surface area contributed by atoms with Gasteiger partial charge < -0.3 is 29.4 Å². The Kier molecular flexibility index (Phi) is 7.84. The molecule has 2 heterocycles. The van der Waals surface area contributed by atoms with E-state index in [1.165, 1.54) is 43.9 Å². The molecular formula is C26H26FN3O6. The highest BCUT2D eigenvalue weighted by Crippen LogP contribution is 2.28. The lowest BCUT2D eigenvalue weighted by atomic mass is 10.0. The Balaban J connectivity index is 1.28. The molecule has 0 aliphatic carbocycles. The Bertz CT molecular complexity index is 1200. The number of hydrogen-bond donors (Lipinski definition) is 2. The molecule has 1 saturated heterocycles. The third kappa shape index (κ3) is 6.21. The molecule has 10 heteroatoms. The first-order valence-electron chi connectivity index (χ1n) is 11.4. The van der Waals surface area contributed by atoms with Crippen LogP contribution in [0.2, 0.25) is 0 Å². The maximum atomic E-state index is 13.0. The van der Waals surface area contributed by atoms with E-state index in [1.54, 1.807) is 29.2 Å². The summed E-state index contributed by atoms with van der Waals surface area (Å²) in [6, 6.07) is 11.6. The van der Waals surface area contributed by atoms with Gasteiger partial charge in [-0.2, -0.15) is 0 Å². The number of hydrogen-bond acceptors (Lipinski definition) is 6. The number of nitrogens with one attached hydrogen (secondary N) is 2. The molecule has 4 rings (SSSR count). The van der Waals surface area contributed by atoms with Crippen molar-refractivity contribution >= 4 is 23.4 Å². The maximum Gasteiger partial charge on any atom is 0.262 e. The predicted octanol–water partition coefficient (Wildman–Crippen LogP) is 3.48. The van der Waals surface area contributed by atoms with Gasteiger partial charge in [-0.05, 0) is 61.4 Å². The first-order chi connectivity index (χ1) is 17.4. The number of furan rings is 1. The zero-order valence-corrected chi connectivity index (χ0v) is 19.7. The van der Waals surface area contributed by atoms with E-state index in [2.05, 4.69) is 10.6 Å². The molecule has 0 bridgehead atoms. The third-order valence-electron chi connectivity index (χ3n) is 5.80. The number of nitrogens with zero attached hydrogens (tertiary/aromatic N) is 1. The Hall–Kier alpha value is -4.34. The fourth-order valence-electron chi connectivity index (χ4n) is 3.87. The maximum absolute atomic E-state index is 13.0. The van der Waals surface area contributed by atoms with Crippen molar-refractivity contribution in [3.05, 3.63) is 78.0 Å². The Labute approximate surface area is 207 Å². The minimum atomic E-state index is -0.428. The summed E-state index contributed by atoms with van der Waals surface area (Å²) in [7, 11) is 1.44. The minimum Gasteiger partial charge on any atom is -0.493 e. The minimum absolute atomic E-state index is 0.0667. The van der Waals surface area contributed by atoms with Crippen molar-refractivity contribution in [1.29, 1.82) is 0 Å². The fraction of sp³-hybridized carbons (Fsp3) is 0.269. The number of carbonyl (C=O) groups excluding carboxylic acids is 3. The van der Waals surface area contributed by atoms with E-state index in [0.717, 1.165) is 0 Å². The first-order valence-corrected chi connectivity index (χ1v) is 11.4. The van der Waals surface area contributed by atoms with Gasteiger partial charge in [0.05, 0.1) is 18.9 Å². The van der Waals surface area contributed by atoms with Crippen LogP contribution in [-0.2, 0) is 4.79 Å². The van der Waals surface area contributed by atoms with E-state index >= 15 is 0 Å². The van der Waals surface area contributed by atoms with Crippen LogP contribution in [0.5, 0.6) is 11.5 Å². The van der Waals surface area contributed by atoms with Crippen LogP contribution in [-0.4, -0.2) is 55.5 Å². The summed E-state index contributed by atoms with van der Waals surface area (Å²) in [6.45, 7) is 0.769. The number of anilines is 1. The van der Waals surface area contributed by atoms with Crippen molar-refractivity contribution in [2.45, 2.75) is 18.9 Å². The van der Waals surface area contributed by atoms with Crippen molar-refractivity contribution in [2.75, 3.05) is 32.1 Å². The average molecular weight is 496 g/mol. The van der Waals surface area contributed by atoms with Crippen LogP contribution in [0.3, 0.4) is 0 Å². The van der Waals surface area contributed by atoms with Crippen molar-refractivity contribution in [3.63, 3.8) is 0 Å². The van der Waals surface area contributed by atoms with Gasteiger partial charge in [0.25, 0.3) is 17.7 Å². The van der Waals surface area contributed by atoms with E-state index in [9.17, 15) is 18.8 Å². The normalized spacial score (nSPS) is 13.7. The largest absolute Gasteiger partial charge is 0.493 e. The van der Waals surface area contributed by atoms with Gasteiger partial charge in [-0.15, -0.1) is 0 Å². The second kappa shape index (κ2) is 11.4. The van der Waals surface area contributed by atoms with Crippen LogP contribution in [0, 0.1) is 5.82 Å². The van der Waals surface area contributed by atoms with Gasteiger partial charge in [-0.25, -0.2) is 4.39 Å². The molecule has 0 radical (unpaired) electrons. The molecule has 1 aromatic heterocycles. The van der Waals surface area contributed by atoms with Crippen LogP contribution in [0.4, 0.5) is 10.1 Å².